The second-order valence-corrected chi connectivity index (χ2v) is 5.30. The number of hydrogen-bond donors (Lipinski definition) is 1. The molecular weight excluding hydrogens is 230 g/mol. The van der Waals surface area contributed by atoms with Gasteiger partial charge >= 0.3 is 0 Å². The predicted molar refractivity (Wildman–Crippen MR) is 84.5 cm³/mol. The molecule has 1 heteroatoms. The van der Waals surface area contributed by atoms with Crippen molar-refractivity contribution < 1.29 is 0 Å². The highest BCUT2D eigenvalue weighted by molar-refractivity contribution is 5.81. The van der Waals surface area contributed by atoms with Gasteiger partial charge in [0.25, 0.3) is 0 Å². The lowest BCUT2D eigenvalue weighted by Crippen LogP contribution is -1.89. The number of hydrogen-bond acceptors (Lipinski definition) is 1. The zero-order valence-electron chi connectivity index (χ0n) is 11.9. The van der Waals surface area contributed by atoms with Crippen LogP contribution in [0.4, 0.5) is 0 Å². The van der Waals surface area contributed by atoms with Crippen molar-refractivity contribution in [1.29, 1.82) is 0 Å². The third-order valence-corrected chi connectivity index (χ3v) is 3.56. The van der Waals surface area contributed by atoms with E-state index in [2.05, 4.69) is 60.8 Å². The summed E-state index contributed by atoms with van der Waals surface area (Å²) < 4.78 is 0. The lowest BCUT2D eigenvalue weighted by molar-refractivity contribution is 0.627. The van der Waals surface area contributed by atoms with E-state index in [4.69, 9.17) is 0 Å². The molecule has 1 unspecified atom stereocenters. The van der Waals surface area contributed by atoms with E-state index in [9.17, 15) is 0 Å². The second kappa shape index (κ2) is 7.96. The maximum absolute atomic E-state index is 3.31. The molecule has 0 aliphatic carbocycles. The van der Waals surface area contributed by atoms with Crippen LogP contribution >= 0.6 is 0 Å². The quantitative estimate of drug-likeness (QED) is 0.603. The van der Waals surface area contributed by atoms with Crippen LogP contribution in [0.5, 0.6) is 0 Å². The zero-order valence-corrected chi connectivity index (χ0v) is 11.9. The minimum Gasteiger partial charge on any atom is -0.311 e. The average Bonchev–Trinajstić information content (AvgIpc) is 3.29. The fourth-order valence-electron chi connectivity index (χ4n) is 2.24. The standard InChI is InChI=1S/C10H8.C8H17N/c1-2-6-10-8-4-3-7-9(10)5-1;1-2-3-4-5-6-8-7-9-8/h1-8H;8-9H,2-7H2,1H3. The van der Waals surface area contributed by atoms with Gasteiger partial charge in [0.2, 0.25) is 0 Å². The van der Waals surface area contributed by atoms with Crippen molar-refractivity contribution in [3.05, 3.63) is 48.5 Å². The first-order chi connectivity index (χ1) is 9.40. The fraction of sp³-hybridized carbons (Fsp3) is 0.444. The van der Waals surface area contributed by atoms with Gasteiger partial charge in [-0.1, -0.05) is 81.1 Å². The molecule has 3 rings (SSSR count). The number of fused-ring (bicyclic) bond motifs is 1. The van der Waals surface area contributed by atoms with Crippen molar-refractivity contribution in [2.45, 2.75) is 45.1 Å². The summed E-state index contributed by atoms with van der Waals surface area (Å²) >= 11 is 0. The van der Waals surface area contributed by atoms with E-state index in [0.29, 0.717) is 0 Å². The van der Waals surface area contributed by atoms with Crippen molar-refractivity contribution >= 4 is 10.8 Å². The summed E-state index contributed by atoms with van der Waals surface area (Å²) in [4.78, 5) is 0. The van der Waals surface area contributed by atoms with E-state index in [0.717, 1.165) is 6.04 Å². The van der Waals surface area contributed by atoms with Crippen molar-refractivity contribution in [1.82, 2.24) is 5.32 Å². The first-order valence-electron chi connectivity index (χ1n) is 7.57. The van der Waals surface area contributed by atoms with Crippen LogP contribution in [0.15, 0.2) is 48.5 Å². The molecule has 1 fully saturated rings. The largest absolute Gasteiger partial charge is 0.311 e. The van der Waals surface area contributed by atoms with Crippen LogP contribution in [0.2, 0.25) is 0 Å². The minimum absolute atomic E-state index is 0.904. The van der Waals surface area contributed by atoms with Crippen molar-refractivity contribution in [2.24, 2.45) is 0 Å². The number of rotatable bonds is 5. The van der Waals surface area contributed by atoms with Crippen LogP contribution < -0.4 is 5.32 Å². The highest BCUT2D eigenvalue weighted by atomic mass is 15.1. The fourth-order valence-corrected chi connectivity index (χ4v) is 2.24. The van der Waals surface area contributed by atoms with Gasteiger partial charge in [0.15, 0.2) is 0 Å². The molecule has 1 aliphatic heterocycles. The second-order valence-electron chi connectivity index (χ2n) is 5.30. The highest BCUT2D eigenvalue weighted by Gasteiger charge is 2.17. The molecule has 0 radical (unpaired) electrons. The summed E-state index contributed by atoms with van der Waals surface area (Å²) in [5.41, 5.74) is 0. The molecule has 0 saturated carbocycles. The van der Waals surface area contributed by atoms with Gasteiger partial charge in [0, 0.05) is 12.6 Å². The Morgan fingerprint density at radius 1 is 0.895 bits per heavy atom. The van der Waals surface area contributed by atoms with Crippen LogP contribution in [0, 0.1) is 0 Å². The zero-order chi connectivity index (χ0) is 13.3. The van der Waals surface area contributed by atoms with E-state index in [-0.39, 0.29) is 0 Å². The Morgan fingerprint density at radius 2 is 1.42 bits per heavy atom. The molecule has 19 heavy (non-hydrogen) atoms. The van der Waals surface area contributed by atoms with Crippen molar-refractivity contribution in [3.8, 4) is 0 Å². The lowest BCUT2D eigenvalue weighted by atomic mass is 10.1. The molecule has 1 atom stereocenters. The summed E-state index contributed by atoms with van der Waals surface area (Å²) in [5.74, 6) is 0. The summed E-state index contributed by atoms with van der Waals surface area (Å²) in [6.07, 6.45) is 7.07. The van der Waals surface area contributed by atoms with Crippen molar-refractivity contribution in [2.75, 3.05) is 6.54 Å². The summed E-state index contributed by atoms with van der Waals surface area (Å²) in [5, 5.41) is 5.93. The van der Waals surface area contributed by atoms with Gasteiger partial charge in [-0.15, -0.1) is 0 Å². The maximum Gasteiger partial charge on any atom is 0.0193 e. The molecule has 2 aromatic carbocycles. The molecule has 102 valence electrons. The summed E-state index contributed by atoms with van der Waals surface area (Å²) in [6, 6.07) is 17.6. The molecule has 0 amide bonds. The SMILES string of the molecule is CCCCCCC1CN1.c1ccc2ccccc2c1. The highest BCUT2D eigenvalue weighted by Crippen LogP contribution is 2.11. The number of nitrogens with one attached hydrogen (secondary N) is 1. The van der Waals surface area contributed by atoms with Gasteiger partial charge in [0.1, 0.15) is 0 Å². The topological polar surface area (TPSA) is 21.9 Å². The molecule has 1 aliphatic rings. The van der Waals surface area contributed by atoms with Gasteiger partial charge in [-0.2, -0.15) is 0 Å². The van der Waals surface area contributed by atoms with Gasteiger partial charge in [-0.05, 0) is 17.2 Å². The van der Waals surface area contributed by atoms with Gasteiger partial charge < -0.3 is 5.32 Å². The summed E-state index contributed by atoms with van der Waals surface area (Å²) in [7, 11) is 0. The van der Waals surface area contributed by atoms with Crippen LogP contribution in [-0.2, 0) is 0 Å². The van der Waals surface area contributed by atoms with Gasteiger partial charge in [-0.3, -0.25) is 0 Å². The van der Waals surface area contributed by atoms with Crippen molar-refractivity contribution in [3.63, 3.8) is 0 Å². The van der Waals surface area contributed by atoms with Crippen LogP contribution in [-0.4, -0.2) is 12.6 Å². The van der Waals surface area contributed by atoms with E-state index in [1.165, 1.54) is 49.4 Å². The Hall–Kier alpha value is -1.34. The predicted octanol–water partition coefficient (Wildman–Crippen LogP) is 4.77. The Bertz CT molecular complexity index is 408. The van der Waals surface area contributed by atoms with E-state index < -0.39 is 0 Å². The summed E-state index contributed by atoms with van der Waals surface area (Å²) in [6.45, 7) is 3.54. The smallest absolute Gasteiger partial charge is 0.0193 e. The molecule has 1 heterocycles. The third-order valence-electron chi connectivity index (χ3n) is 3.56. The number of benzene rings is 2. The van der Waals surface area contributed by atoms with E-state index in [1.807, 2.05) is 0 Å². The number of unbranched alkanes of at least 4 members (excludes halogenated alkanes) is 3. The first-order valence-corrected chi connectivity index (χ1v) is 7.57. The molecule has 0 aromatic heterocycles. The Kier molecular flexibility index (Phi) is 5.90. The lowest BCUT2D eigenvalue weighted by Gasteiger charge is -1.94. The monoisotopic (exact) mass is 255 g/mol. The molecule has 1 saturated heterocycles. The van der Waals surface area contributed by atoms with Crippen LogP contribution in [0.3, 0.4) is 0 Å². The molecule has 1 N–H and O–H groups in total. The van der Waals surface area contributed by atoms with Gasteiger partial charge in [0.05, 0.1) is 0 Å². The normalized spacial score (nSPS) is 16.8. The molecular formula is C18H25N. The molecule has 0 bridgehead atoms. The molecule has 2 aromatic rings. The van der Waals surface area contributed by atoms with Crippen LogP contribution in [0.25, 0.3) is 10.8 Å². The molecule has 0 spiro atoms. The average molecular weight is 255 g/mol. The minimum atomic E-state index is 0.904. The van der Waals surface area contributed by atoms with E-state index >= 15 is 0 Å². The Morgan fingerprint density at radius 3 is 1.84 bits per heavy atom. The maximum atomic E-state index is 3.31. The first kappa shape index (κ1) is 14.1. The Balaban J connectivity index is 0.000000141. The molecule has 1 nitrogen and oxygen atoms in total. The third kappa shape index (κ3) is 5.44. The Labute approximate surface area is 117 Å². The van der Waals surface area contributed by atoms with Gasteiger partial charge in [-0.25, -0.2) is 0 Å². The van der Waals surface area contributed by atoms with Crippen LogP contribution in [0.1, 0.15) is 39.0 Å². The van der Waals surface area contributed by atoms with E-state index in [1.54, 1.807) is 0 Å².